The van der Waals surface area contributed by atoms with Crippen LogP contribution >= 0.6 is 15.9 Å². The minimum Gasteiger partial charge on any atom is -0.493 e. The first-order valence-electron chi connectivity index (χ1n) is 6.61. The molecular weight excluding hydrogens is 332 g/mol. The van der Waals surface area contributed by atoms with Gasteiger partial charge in [-0.05, 0) is 47.1 Å². The second-order valence-corrected chi connectivity index (χ2v) is 5.38. The molecule has 0 aliphatic carbocycles. The molecule has 106 valence electrons. The fraction of sp³-hybridized carbons (Fsp3) is 0.125. The highest BCUT2D eigenvalue weighted by Gasteiger charge is 2.10. The molecule has 0 atom stereocenters. The van der Waals surface area contributed by atoms with Crippen molar-refractivity contribution in [2.45, 2.75) is 6.92 Å². The Kier molecular flexibility index (Phi) is 3.75. The highest BCUT2D eigenvalue weighted by atomic mass is 79.9. The smallest absolute Gasteiger partial charge is 0.272 e. The highest BCUT2D eigenvalue weighted by molar-refractivity contribution is 9.10. The Bertz CT molecular complexity index is 858. The standard InChI is InChI=1S/C16H13BrN2O2/c1-2-21-14-8-7-10(9-13(14)17)15-11-5-3-4-6-12(11)16(20)19-18-15/h3-9H,2H2,1H3,(H,19,20). The molecule has 1 heterocycles. The number of nitrogens with zero attached hydrogens (tertiary/aromatic N) is 1. The second-order valence-electron chi connectivity index (χ2n) is 4.53. The lowest BCUT2D eigenvalue weighted by atomic mass is 10.1. The van der Waals surface area contributed by atoms with Gasteiger partial charge in [0.05, 0.1) is 22.2 Å². The minimum atomic E-state index is -0.181. The van der Waals surface area contributed by atoms with Crippen molar-refractivity contribution >= 4 is 26.7 Å². The molecule has 1 N–H and O–H groups in total. The maximum atomic E-state index is 11.8. The van der Waals surface area contributed by atoms with Crippen LogP contribution in [0.5, 0.6) is 5.75 Å². The van der Waals surface area contributed by atoms with E-state index in [1.54, 1.807) is 6.07 Å². The van der Waals surface area contributed by atoms with Gasteiger partial charge in [0.2, 0.25) is 0 Å². The Morgan fingerprint density at radius 2 is 1.95 bits per heavy atom. The zero-order valence-corrected chi connectivity index (χ0v) is 13.0. The molecule has 0 amide bonds. The number of rotatable bonds is 3. The van der Waals surface area contributed by atoms with E-state index in [9.17, 15) is 4.79 Å². The number of halogens is 1. The average molecular weight is 345 g/mol. The lowest BCUT2D eigenvalue weighted by Crippen LogP contribution is -2.09. The third-order valence-electron chi connectivity index (χ3n) is 3.20. The van der Waals surface area contributed by atoms with Gasteiger partial charge in [0.25, 0.3) is 5.56 Å². The first-order chi connectivity index (χ1) is 10.2. The van der Waals surface area contributed by atoms with E-state index < -0.39 is 0 Å². The van der Waals surface area contributed by atoms with Crippen LogP contribution in [0.4, 0.5) is 0 Å². The van der Waals surface area contributed by atoms with Crippen LogP contribution in [-0.4, -0.2) is 16.8 Å². The predicted octanol–water partition coefficient (Wildman–Crippen LogP) is 3.75. The van der Waals surface area contributed by atoms with Crippen LogP contribution < -0.4 is 10.3 Å². The molecule has 0 saturated carbocycles. The van der Waals surface area contributed by atoms with Crippen molar-refractivity contribution in [3.05, 3.63) is 57.3 Å². The topological polar surface area (TPSA) is 55.0 Å². The van der Waals surface area contributed by atoms with E-state index in [1.165, 1.54) is 0 Å². The summed E-state index contributed by atoms with van der Waals surface area (Å²) in [7, 11) is 0. The number of aromatic amines is 1. The van der Waals surface area contributed by atoms with Gasteiger partial charge >= 0.3 is 0 Å². The van der Waals surface area contributed by atoms with Gasteiger partial charge in [-0.25, -0.2) is 5.10 Å². The third kappa shape index (κ3) is 2.56. The van der Waals surface area contributed by atoms with E-state index in [2.05, 4.69) is 26.1 Å². The third-order valence-corrected chi connectivity index (χ3v) is 3.82. The normalized spacial score (nSPS) is 10.8. The number of nitrogens with one attached hydrogen (secondary N) is 1. The van der Waals surface area contributed by atoms with E-state index in [4.69, 9.17) is 4.74 Å². The summed E-state index contributed by atoms with van der Waals surface area (Å²) in [6, 6.07) is 13.2. The lowest BCUT2D eigenvalue weighted by molar-refractivity contribution is 0.338. The van der Waals surface area contributed by atoms with Crippen LogP contribution in [0.25, 0.3) is 22.0 Å². The summed E-state index contributed by atoms with van der Waals surface area (Å²) in [6.45, 7) is 2.55. The van der Waals surface area contributed by atoms with E-state index in [-0.39, 0.29) is 5.56 Å². The molecule has 3 aromatic rings. The van der Waals surface area contributed by atoms with Gasteiger partial charge in [-0.2, -0.15) is 5.10 Å². The van der Waals surface area contributed by atoms with Crippen molar-refractivity contribution < 1.29 is 4.74 Å². The molecule has 0 aliphatic heterocycles. The first kappa shape index (κ1) is 13.8. The zero-order chi connectivity index (χ0) is 14.8. The molecule has 0 saturated heterocycles. The van der Waals surface area contributed by atoms with Crippen LogP contribution in [0.1, 0.15) is 6.92 Å². The maximum absolute atomic E-state index is 11.8. The maximum Gasteiger partial charge on any atom is 0.272 e. The average Bonchev–Trinajstić information content (AvgIpc) is 2.50. The van der Waals surface area contributed by atoms with Crippen molar-refractivity contribution in [2.75, 3.05) is 6.61 Å². The Morgan fingerprint density at radius 1 is 1.19 bits per heavy atom. The van der Waals surface area contributed by atoms with Crippen LogP contribution in [0.2, 0.25) is 0 Å². The number of ether oxygens (including phenoxy) is 1. The van der Waals surface area contributed by atoms with Gasteiger partial charge in [-0.1, -0.05) is 18.2 Å². The fourth-order valence-electron chi connectivity index (χ4n) is 2.26. The van der Waals surface area contributed by atoms with Gasteiger partial charge in [0, 0.05) is 10.9 Å². The van der Waals surface area contributed by atoms with Gasteiger partial charge in [-0.15, -0.1) is 0 Å². The Hall–Kier alpha value is -2.14. The highest BCUT2D eigenvalue weighted by Crippen LogP contribution is 2.32. The molecule has 0 unspecified atom stereocenters. The van der Waals surface area contributed by atoms with Gasteiger partial charge in [-0.3, -0.25) is 4.79 Å². The second kappa shape index (κ2) is 5.69. The number of benzene rings is 2. The summed E-state index contributed by atoms with van der Waals surface area (Å²) in [5.41, 5.74) is 1.48. The first-order valence-corrected chi connectivity index (χ1v) is 7.40. The van der Waals surface area contributed by atoms with Crippen LogP contribution in [0.3, 0.4) is 0 Å². The minimum absolute atomic E-state index is 0.181. The Morgan fingerprint density at radius 3 is 2.67 bits per heavy atom. The van der Waals surface area contributed by atoms with Gasteiger partial charge < -0.3 is 4.74 Å². The van der Waals surface area contributed by atoms with Crippen molar-refractivity contribution in [1.82, 2.24) is 10.2 Å². The van der Waals surface area contributed by atoms with Crippen molar-refractivity contribution in [3.8, 4) is 17.0 Å². The summed E-state index contributed by atoms with van der Waals surface area (Å²) in [4.78, 5) is 11.8. The summed E-state index contributed by atoms with van der Waals surface area (Å²) < 4.78 is 6.37. The van der Waals surface area contributed by atoms with Crippen LogP contribution in [0.15, 0.2) is 51.7 Å². The predicted molar refractivity (Wildman–Crippen MR) is 86.7 cm³/mol. The largest absolute Gasteiger partial charge is 0.493 e. The van der Waals surface area contributed by atoms with E-state index >= 15 is 0 Å². The summed E-state index contributed by atoms with van der Waals surface area (Å²) in [5.74, 6) is 0.787. The number of fused-ring (bicyclic) bond motifs is 1. The number of hydrogen-bond donors (Lipinski definition) is 1. The number of hydrogen-bond acceptors (Lipinski definition) is 3. The van der Waals surface area contributed by atoms with E-state index in [1.807, 2.05) is 43.3 Å². The van der Waals surface area contributed by atoms with E-state index in [0.717, 1.165) is 26.9 Å². The van der Waals surface area contributed by atoms with Gasteiger partial charge in [0.15, 0.2) is 0 Å². The molecule has 0 spiro atoms. The summed E-state index contributed by atoms with van der Waals surface area (Å²) in [6.07, 6.45) is 0. The molecule has 2 aromatic carbocycles. The van der Waals surface area contributed by atoms with Crippen LogP contribution in [0, 0.1) is 0 Å². The van der Waals surface area contributed by atoms with Crippen LogP contribution in [-0.2, 0) is 0 Å². The lowest BCUT2D eigenvalue weighted by Gasteiger charge is -2.09. The molecule has 3 rings (SSSR count). The van der Waals surface area contributed by atoms with Crippen molar-refractivity contribution in [1.29, 1.82) is 0 Å². The van der Waals surface area contributed by atoms with Gasteiger partial charge in [0.1, 0.15) is 5.75 Å². The summed E-state index contributed by atoms with van der Waals surface area (Å²) >= 11 is 3.50. The van der Waals surface area contributed by atoms with Crippen molar-refractivity contribution in [2.24, 2.45) is 0 Å². The molecule has 1 aromatic heterocycles. The molecule has 0 aliphatic rings. The quantitative estimate of drug-likeness (QED) is 0.787. The molecule has 5 heteroatoms. The molecule has 0 fully saturated rings. The number of H-pyrrole nitrogens is 1. The fourth-order valence-corrected chi connectivity index (χ4v) is 2.75. The SMILES string of the molecule is CCOc1ccc(-c2n[nH]c(=O)c3ccccc23)cc1Br. The molecule has 4 nitrogen and oxygen atoms in total. The molecular formula is C16H13BrN2O2. The summed E-state index contributed by atoms with van der Waals surface area (Å²) in [5, 5.41) is 8.21. The number of aromatic nitrogens is 2. The molecule has 0 bridgehead atoms. The zero-order valence-electron chi connectivity index (χ0n) is 11.4. The Labute approximate surface area is 129 Å². The van der Waals surface area contributed by atoms with E-state index in [0.29, 0.717) is 12.0 Å². The molecule has 21 heavy (non-hydrogen) atoms. The Balaban J connectivity index is 2.19. The monoisotopic (exact) mass is 344 g/mol. The molecule has 0 radical (unpaired) electrons. The van der Waals surface area contributed by atoms with Crippen molar-refractivity contribution in [3.63, 3.8) is 0 Å².